The van der Waals surface area contributed by atoms with E-state index in [1.54, 1.807) is 0 Å². The summed E-state index contributed by atoms with van der Waals surface area (Å²) in [4.78, 5) is 0. The van der Waals surface area contributed by atoms with Gasteiger partial charge in [0.15, 0.2) is 0 Å². The zero-order valence-electron chi connectivity index (χ0n) is 9.37. The molecule has 0 radical (unpaired) electrons. The summed E-state index contributed by atoms with van der Waals surface area (Å²) in [5.41, 5.74) is -0.381. The van der Waals surface area contributed by atoms with Crippen molar-refractivity contribution < 1.29 is 22.3 Å². The first-order valence-corrected chi connectivity index (χ1v) is 6.40. The quantitative estimate of drug-likeness (QED) is 0.864. The lowest BCUT2D eigenvalue weighted by molar-refractivity contribution is 0.296. The fourth-order valence-corrected chi connectivity index (χ4v) is 1.94. The number of benzene rings is 1. The van der Waals surface area contributed by atoms with Gasteiger partial charge in [0.25, 0.3) is 0 Å². The molecular weight excluding hydrogens is 252 g/mol. The molecule has 0 heterocycles. The van der Waals surface area contributed by atoms with Crippen molar-refractivity contribution in [1.29, 1.82) is 0 Å². The highest BCUT2D eigenvalue weighted by Crippen LogP contribution is 2.20. The first kappa shape index (κ1) is 13.9. The van der Waals surface area contributed by atoms with E-state index < -0.39 is 39.2 Å². The summed E-state index contributed by atoms with van der Waals surface area (Å²) < 4.78 is 51.5. The van der Waals surface area contributed by atoms with E-state index in [9.17, 15) is 17.2 Å². The summed E-state index contributed by atoms with van der Waals surface area (Å²) in [6.07, 6.45) is 0. The average Bonchev–Trinajstić information content (AvgIpc) is 2.24. The van der Waals surface area contributed by atoms with Gasteiger partial charge in [0.2, 0.25) is 10.0 Å². The maximum absolute atomic E-state index is 13.4. The Bertz CT molecular complexity index is 517. The standard InChI is InChI=1S/C10H13F2NO3S/c1-6-3-9(12)10(4-8(6)11)13-17(15,16)7(2)5-14/h3-4,7,13-14H,5H2,1-2H3. The van der Waals surface area contributed by atoms with Crippen molar-refractivity contribution in [1.82, 2.24) is 0 Å². The van der Waals surface area contributed by atoms with Crippen LogP contribution < -0.4 is 4.72 Å². The van der Waals surface area contributed by atoms with Crippen LogP contribution in [0.4, 0.5) is 14.5 Å². The molecule has 1 aromatic carbocycles. The third-order valence-electron chi connectivity index (χ3n) is 2.29. The van der Waals surface area contributed by atoms with Gasteiger partial charge in [-0.05, 0) is 25.5 Å². The van der Waals surface area contributed by atoms with Gasteiger partial charge < -0.3 is 5.11 Å². The van der Waals surface area contributed by atoms with Crippen molar-refractivity contribution in [3.8, 4) is 0 Å². The van der Waals surface area contributed by atoms with Gasteiger partial charge in [-0.1, -0.05) is 0 Å². The molecule has 4 nitrogen and oxygen atoms in total. The van der Waals surface area contributed by atoms with Crippen molar-refractivity contribution in [2.45, 2.75) is 19.1 Å². The summed E-state index contributed by atoms with van der Waals surface area (Å²) in [5, 5.41) is 7.62. The Morgan fingerprint density at radius 1 is 1.35 bits per heavy atom. The molecule has 0 amide bonds. The van der Waals surface area contributed by atoms with Crippen molar-refractivity contribution in [2.75, 3.05) is 11.3 Å². The summed E-state index contributed by atoms with van der Waals surface area (Å²) >= 11 is 0. The van der Waals surface area contributed by atoms with E-state index >= 15 is 0 Å². The molecular formula is C10H13F2NO3S. The molecule has 1 aromatic rings. The highest BCUT2D eigenvalue weighted by atomic mass is 32.2. The highest BCUT2D eigenvalue weighted by Gasteiger charge is 2.21. The van der Waals surface area contributed by atoms with Gasteiger partial charge >= 0.3 is 0 Å². The van der Waals surface area contributed by atoms with E-state index in [2.05, 4.69) is 0 Å². The van der Waals surface area contributed by atoms with E-state index in [0.29, 0.717) is 0 Å². The Labute approximate surface area is 98.3 Å². The van der Waals surface area contributed by atoms with Gasteiger partial charge in [-0.25, -0.2) is 17.2 Å². The fourth-order valence-electron chi connectivity index (χ4n) is 1.08. The molecule has 0 aliphatic heterocycles. The first-order chi connectivity index (χ1) is 7.77. The van der Waals surface area contributed by atoms with Crippen molar-refractivity contribution in [2.24, 2.45) is 0 Å². The maximum atomic E-state index is 13.4. The zero-order valence-corrected chi connectivity index (χ0v) is 10.2. The number of halogens is 2. The molecule has 96 valence electrons. The Balaban J connectivity index is 3.08. The second-order valence-electron chi connectivity index (χ2n) is 3.72. The number of rotatable bonds is 4. The fraction of sp³-hybridized carbons (Fsp3) is 0.400. The van der Waals surface area contributed by atoms with Crippen LogP contribution in [0, 0.1) is 18.6 Å². The third-order valence-corrected chi connectivity index (χ3v) is 4.00. The molecule has 7 heteroatoms. The van der Waals surface area contributed by atoms with Crippen LogP contribution in [0.1, 0.15) is 12.5 Å². The summed E-state index contributed by atoms with van der Waals surface area (Å²) in [5.74, 6) is -1.57. The smallest absolute Gasteiger partial charge is 0.237 e. The van der Waals surface area contributed by atoms with Crippen LogP contribution in [-0.4, -0.2) is 25.4 Å². The van der Waals surface area contributed by atoms with E-state index in [1.807, 2.05) is 4.72 Å². The number of aliphatic hydroxyl groups excluding tert-OH is 1. The minimum Gasteiger partial charge on any atom is -0.395 e. The lowest BCUT2D eigenvalue weighted by Crippen LogP contribution is -2.28. The molecule has 0 fully saturated rings. The van der Waals surface area contributed by atoms with E-state index in [1.165, 1.54) is 13.8 Å². The molecule has 1 atom stereocenters. The van der Waals surface area contributed by atoms with Crippen LogP contribution in [0.5, 0.6) is 0 Å². The third kappa shape index (κ3) is 3.13. The number of nitrogens with one attached hydrogen (secondary N) is 1. The molecule has 0 saturated carbocycles. The molecule has 0 bridgehead atoms. The summed E-state index contributed by atoms with van der Waals surface area (Å²) in [7, 11) is -3.92. The minimum absolute atomic E-state index is 0.0839. The Kier molecular flexibility index (Phi) is 4.05. The van der Waals surface area contributed by atoms with E-state index in [-0.39, 0.29) is 5.56 Å². The van der Waals surface area contributed by atoms with Gasteiger partial charge in [0.05, 0.1) is 12.3 Å². The van der Waals surface area contributed by atoms with E-state index in [0.717, 1.165) is 12.1 Å². The van der Waals surface area contributed by atoms with Crippen LogP contribution in [0.15, 0.2) is 12.1 Å². The number of aryl methyl sites for hydroxylation is 1. The van der Waals surface area contributed by atoms with Crippen molar-refractivity contribution in [3.63, 3.8) is 0 Å². The second-order valence-corrected chi connectivity index (χ2v) is 5.82. The second kappa shape index (κ2) is 4.97. The topological polar surface area (TPSA) is 66.4 Å². The van der Waals surface area contributed by atoms with Gasteiger partial charge in [0, 0.05) is 6.07 Å². The summed E-state index contributed by atoms with van der Waals surface area (Å²) in [6, 6.07) is 1.67. The Hall–Kier alpha value is -1.21. The molecule has 17 heavy (non-hydrogen) atoms. The molecule has 0 aliphatic carbocycles. The van der Waals surface area contributed by atoms with Gasteiger partial charge in [0.1, 0.15) is 16.9 Å². The molecule has 0 spiro atoms. The SMILES string of the molecule is Cc1cc(F)c(NS(=O)(=O)C(C)CO)cc1F. The molecule has 2 N–H and O–H groups in total. The van der Waals surface area contributed by atoms with Crippen molar-refractivity contribution >= 4 is 15.7 Å². The Morgan fingerprint density at radius 3 is 2.47 bits per heavy atom. The maximum Gasteiger partial charge on any atom is 0.237 e. The zero-order chi connectivity index (χ0) is 13.2. The largest absolute Gasteiger partial charge is 0.395 e. The highest BCUT2D eigenvalue weighted by molar-refractivity contribution is 7.93. The van der Waals surface area contributed by atoms with Gasteiger partial charge in [-0.3, -0.25) is 4.72 Å². The number of sulfonamides is 1. The molecule has 1 rings (SSSR count). The number of hydrogen-bond donors (Lipinski definition) is 2. The molecule has 0 aromatic heterocycles. The molecule has 0 aliphatic rings. The lowest BCUT2D eigenvalue weighted by atomic mass is 10.2. The van der Waals surface area contributed by atoms with Crippen LogP contribution in [-0.2, 0) is 10.0 Å². The van der Waals surface area contributed by atoms with Gasteiger partial charge in [-0.2, -0.15) is 0 Å². The predicted octanol–water partition coefficient (Wildman–Crippen LogP) is 1.40. The Morgan fingerprint density at radius 2 is 1.94 bits per heavy atom. The normalized spacial score (nSPS) is 13.5. The lowest BCUT2D eigenvalue weighted by Gasteiger charge is -2.13. The molecule has 0 saturated heterocycles. The van der Waals surface area contributed by atoms with Crippen LogP contribution >= 0.6 is 0 Å². The number of anilines is 1. The van der Waals surface area contributed by atoms with Crippen LogP contribution in [0.3, 0.4) is 0 Å². The average molecular weight is 265 g/mol. The monoisotopic (exact) mass is 265 g/mol. The predicted molar refractivity (Wildman–Crippen MR) is 60.2 cm³/mol. The van der Waals surface area contributed by atoms with E-state index in [4.69, 9.17) is 5.11 Å². The summed E-state index contributed by atoms with van der Waals surface area (Å²) in [6.45, 7) is 2.02. The minimum atomic E-state index is -3.92. The van der Waals surface area contributed by atoms with Crippen LogP contribution in [0.25, 0.3) is 0 Å². The number of hydrogen-bond acceptors (Lipinski definition) is 3. The molecule has 1 unspecified atom stereocenters. The van der Waals surface area contributed by atoms with Crippen LogP contribution in [0.2, 0.25) is 0 Å². The van der Waals surface area contributed by atoms with Crippen molar-refractivity contribution in [3.05, 3.63) is 29.3 Å². The van der Waals surface area contributed by atoms with Gasteiger partial charge in [-0.15, -0.1) is 0 Å². The first-order valence-electron chi connectivity index (χ1n) is 4.86. The number of aliphatic hydroxyl groups is 1.